The minimum atomic E-state index is -0.434. The molecule has 17 heteroatoms. The molecular weight excluding hydrogens is 973 g/mol. The number of nitrogens with zero attached hydrogens (tertiary/aromatic N) is 7. The number of aromatic nitrogens is 3. The summed E-state index contributed by atoms with van der Waals surface area (Å²) >= 11 is 0. The van der Waals surface area contributed by atoms with E-state index >= 15 is 0 Å². The first-order valence-corrected chi connectivity index (χ1v) is 26.5. The average Bonchev–Trinajstić information content (AvgIpc) is 3.89. The fourth-order valence-corrected chi connectivity index (χ4v) is 9.56. The van der Waals surface area contributed by atoms with Gasteiger partial charge in [-0.25, -0.2) is 9.48 Å². The SMILES string of the molecule is COC(=O)c1ccc([C@H](C)NC(=O)CN2CCN(CC(=O)N[C@@H](C)c3ccccc3)CCN(Cc3ccn(-c4ccc5c(=O)c6cc(C(C)(C)C)ccc6oc5n4)n3)CCN(CC(=O)N[C@@H](C)c3ccccc3)CC2)cc1. The van der Waals surface area contributed by atoms with Crippen molar-refractivity contribution in [3.63, 3.8) is 0 Å². The summed E-state index contributed by atoms with van der Waals surface area (Å²) in [6, 6.07) is 37.1. The minimum Gasteiger partial charge on any atom is -0.465 e. The van der Waals surface area contributed by atoms with Gasteiger partial charge in [-0.3, -0.25) is 38.8 Å². The highest BCUT2D eigenvalue weighted by atomic mass is 16.5. The molecule has 0 radical (unpaired) electrons. The van der Waals surface area contributed by atoms with Gasteiger partial charge in [0.25, 0.3) is 0 Å². The van der Waals surface area contributed by atoms with Gasteiger partial charge in [0.2, 0.25) is 28.9 Å². The van der Waals surface area contributed by atoms with Crippen LogP contribution in [0.4, 0.5) is 0 Å². The Bertz CT molecular complexity index is 3120. The predicted molar refractivity (Wildman–Crippen MR) is 299 cm³/mol. The van der Waals surface area contributed by atoms with Crippen LogP contribution in [0.5, 0.6) is 0 Å². The summed E-state index contributed by atoms with van der Waals surface area (Å²) in [5.41, 5.74) is 5.51. The molecule has 1 fully saturated rings. The molecule has 1 aliphatic heterocycles. The molecule has 3 N–H and O–H groups in total. The van der Waals surface area contributed by atoms with E-state index in [1.54, 1.807) is 41.1 Å². The number of pyridine rings is 1. The maximum Gasteiger partial charge on any atom is 0.337 e. The second kappa shape index (κ2) is 25.5. The molecule has 3 aromatic heterocycles. The highest BCUT2D eigenvalue weighted by molar-refractivity contribution is 5.90. The van der Waals surface area contributed by atoms with Crippen molar-refractivity contribution in [3.8, 4) is 5.82 Å². The van der Waals surface area contributed by atoms with Gasteiger partial charge in [0.15, 0.2) is 5.82 Å². The lowest BCUT2D eigenvalue weighted by molar-refractivity contribution is -0.125. The van der Waals surface area contributed by atoms with Crippen LogP contribution >= 0.6 is 0 Å². The van der Waals surface area contributed by atoms with Gasteiger partial charge >= 0.3 is 5.97 Å². The number of amides is 3. The molecule has 1 saturated heterocycles. The largest absolute Gasteiger partial charge is 0.465 e. The Balaban J connectivity index is 1.02. The second-order valence-corrected chi connectivity index (χ2v) is 21.1. The van der Waals surface area contributed by atoms with Crippen molar-refractivity contribution >= 4 is 45.8 Å². The Morgan fingerprint density at radius 3 is 1.56 bits per heavy atom. The summed E-state index contributed by atoms with van der Waals surface area (Å²) in [4.78, 5) is 80.7. The maximum atomic E-state index is 13.9. The normalized spacial score (nSPS) is 15.9. The Morgan fingerprint density at radius 1 is 0.597 bits per heavy atom. The molecule has 3 atom stereocenters. The van der Waals surface area contributed by atoms with Crippen molar-refractivity contribution in [2.75, 3.05) is 79.1 Å². The Kier molecular flexibility index (Phi) is 18.4. The number of hydrogen-bond donors (Lipinski definition) is 3. The van der Waals surface area contributed by atoms with Crippen LogP contribution in [0.1, 0.15) is 98.0 Å². The summed E-state index contributed by atoms with van der Waals surface area (Å²) < 4.78 is 12.8. The Labute approximate surface area is 450 Å². The van der Waals surface area contributed by atoms with Crippen LogP contribution in [0.15, 0.2) is 137 Å². The van der Waals surface area contributed by atoms with Gasteiger partial charge in [-0.2, -0.15) is 10.1 Å². The van der Waals surface area contributed by atoms with Gasteiger partial charge in [-0.05, 0) is 90.9 Å². The van der Waals surface area contributed by atoms with E-state index in [2.05, 4.69) is 56.3 Å². The van der Waals surface area contributed by atoms with Gasteiger partial charge in [0, 0.05) is 65.1 Å². The first kappa shape index (κ1) is 55.7. The molecule has 4 heterocycles. The van der Waals surface area contributed by atoms with Crippen molar-refractivity contribution in [1.29, 1.82) is 0 Å². The van der Waals surface area contributed by atoms with Crippen LogP contribution in [-0.4, -0.2) is 137 Å². The molecule has 7 aromatic rings. The van der Waals surface area contributed by atoms with Crippen molar-refractivity contribution in [1.82, 2.24) is 50.3 Å². The summed E-state index contributed by atoms with van der Waals surface area (Å²) in [6.07, 6.45) is 1.84. The number of carbonyl (C=O) groups excluding carboxylic acids is 4. The van der Waals surface area contributed by atoms with E-state index in [0.717, 1.165) is 27.9 Å². The van der Waals surface area contributed by atoms with Crippen LogP contribution in [0.25, 0.3) is 27.9 Å². The van der Waals surface area contributed by atoms with E-state index in [0.29, 0.717) is 86.6 Å². The van der Waals surface area contributed by atoms with Gasteiger partial charge in [-0.15, -0.1) is 0 Å². The highest BCUT2D eigenvalue weighted by Gasteiger charge is 2.24. The van der Waals surface area contributed by atoms with Gasteiger partial charge in [0.1, 0.15) is 5.58 Å². The molecule has 77 heavy (non-hydrogen) atoms. The van der Waals surface area contributed by atoms with Crippen LogP contribution in [0, 0.1) is 0 Å². The van der Waals surface area contributed by atoms with E-state index < -0.39 is 5.97 Å². The maximum absolute atomic E-state index is 13.9. The number of ether oxygens (including phenoxy) is 1. The van der Waals surface area contributed by atoms with Crippen LogP contribution in [-0.2, 0) is 31.1 Å². The molecule has 0 unspecified atom stereocenters. The third-order valence-corrected chi connectivity index (χ3v) is 14.2. The lowest BCUT2D eigenvalue weighted by Gasteiger charge is -2.34. The number of hydrogen-bond acceptors (Lipinski definition) is 13. The zero-order chi connectivity index (χ0) is 54.6. The zero-order valence-electron chi connectivity index (χ0n) is 45.3. The van der Waals surface area contributed by atoms with E-state index in [1.165, 1.54) is 7.11 Å². The molecule has 0 spiro atoms. The molecule has 17 nitrogen and oxygen atoms in total. The molecule has 0 saturated carbocycles. The molecular formula is C60H72N10O7. The number of methoxy groups -OCH3 is 1. The monoisotopic (exact) mass is 1040 g/mol. The molecule has 0 aliphatic carbocycles. The number of benzene rings is 4. The van der Waals surface area contributed by atoms with Gasteiger partial charge in [-0.1, -0.05) is 99.6 Å². The lowest BCUT2D eigenvalue weighted by atomic mass is 9.86. The fourth-order valence-electron chi connectivity index (χ4n) is 9.56. The zero-order valence-corrected chi connectivity index (χ0v) is 45.3. The molecule has 0 bridgehead atoms. The van der Waals surface area contributed by atoms with Crippen LogP contribution in [0.3, 0.4) is 0 Å². The highest BCUT2D eigenvalue weighted by Crippen LogP contribution is 2.27. The van der Waals surface area contributed by atoms with Crippen molar-refractivity contribution in [2.24, 2.45) is 0 Å². The molecule has 4 aromatic carbocycles. The standard InChI is InChI=1S/C60H72N10O7/c1-41(44-14-10-8-11-15-44)61-54(71)38-67-30-28-66(37-49-26-27-70(65-49)53-25-23-50-57(74)51-36-48(60(4,5)6)22-24-52(51)77-58(50)64-53)29-31-68(39-55(72)62-42(2)45-16-12-9-13-17-45)33-35-69(34-32-67)40-56(73)63-43(3)46-18-20-47(21-19-46)59(75)76-7/h8-27,36,41-43H,28-35,37-40H2,1-7H3,(H,61,71)(H,62,72)(H,63,73)/t41-,42-,43-/m0/s1. The Hall–Kier alpha value is -7.57. The third-order valence-electron chi connectivity index (χ3n) is 14.2. The first-order valence-electron chi connectivity index (χ1n) is 26.5. The fraction of sp³-hybridized carbons (Fsp3) is 0.383. The van der Waals surface area contributed by atoms with Gasteiger partial charge < -0.3 is 25.1 Å². The number of fused-ring (bicyclic) bond motifs is 2. The van der Waals surface area contributed by atoms with Crippen molar-refractivity contribution < 1.29 is 28.3 Å². The minimum absolute atomic E-state index is 0.0859. The average molecular weight is 1050 g/mol. The molecule has 8 rings (SSSR count). The van der Waals surface area contributed by atoms with Gasteiger partial charge in [0.05, 0.1) is 66.9 Å². The Morgan fingerprint density at radius 2 is 1.08 bits per heavy atom. The summed E-state index contributed by atoms with van der Waals surface area (Å²) in [5.74, 6) is -0.342. The number of esters is 1. The van der Waals surface area contributed by atoms with E-state index in [9.17, 15) is 24.0 Å². The second-order valence-electron chi connectivity index (χ2n) is 21.1. The molecule has 1 aliphatic rings. The quantitative estimate of drug-likeness (QED) is 0.0667. The smallest absolute Gasteiger partial charge is 0.337 e. The van der Waals surface area contributed by atoms with Crippen molar-refractivity contribution in [2.45, 2.75) is 71.6 Å². The molecule has 404 valence electrons. The van der Waals surface area contributed by atoms with E-state index in [4.69, 9.17) is 19.2 Å². The third kappa shape index (κ3) is 15.1. The summed E-state index contributed by atoms with van der Waals surface area (Å²) in [7, 11) is 1.34. The molecule has 3 amide bonds. The predicted octanol–water partition coefficient (Wildman–Crippen LogP) is 6.96. The topological polar surface area (TPSA) is 187 Å². The lowest BCUT2D eigenvalue weighted by Crippen LogP contribution is -2.50. The number of carbonyl (C=O) groups is 4. The van der Waals surface area contributed by atoms with E-state index in [1.807, 2.05) is 112 Å². The van der Waals surface area contributed by atoms with Crippen LogP contribution < -0.4 is 21.4 Å². The van der Waals surface area contributed by atoms with Crippen LogP contribution in [0.2, 0.25) is 0 Å². The number of rotatable bonds is 16. The van der Waals surface area contributed by atoms with E-state index in [-0.39, 0.29) is 72.0 Å². The van der Waals surface area contributed by atoms with Crippen molar-refractivity contribution in [3.05, 3.63) is 171 Å². The summed E-state index contributed by atoms with van der Waals surface area (Å²) in [5, 5.41) is 15.4. The number of nitrogens with one attached hydrogen (secondary N) is 3. The first-order chi connectivity index (χ1) is 37.0. The summed E-state index contributed by atoms with van der Waals surface area (Å²) in [6.45, 7) is 17.1.